The number of benzene rings is 1. The predicted molar refractivity (Wildman–Crippen MR) is 69.3 cm³/mol. The van der Waals surface area contributed by atoms with Crippen LogP contribution in [-0.2, 0) is 6.54 Å². The van der Waals surface area contributed by atoms with Gasteiger partial charge in [-0.2, -0.15) is 0 Å². The molecule has 1 saturated heterocycles. The largest absolute Gasteiger partial charge is 0.398 e. The third-order valence-corrected chi connectivity index (χ3v) is 3.68. The Labute approximate surface area is 98.4 Å². The fourth-order valence-electron chi connectivity index (χ4n) is 2.34. The molecule has 0 radical (unpaired) electrons. The predicted octanol–water partition coefficient (Wildman–Crippen LogP) is 2.81. The molecule has 0 aromatic heterocycles. The van der Waals surface area contributed by atoms with Gasteiger partial charge < -0.3 is 5.73 Å². The van der Waals surface area contributed by atoms with Crippen LogP contribution < -0.4 is 5.73 Å². The summed E-state index contributed by atoms with van der Waals surface area (Å²) in [6, 6.07) is 6.34. The zero-order valence-corrected chi connectivity index (χ0v) is 10.4. The molecule has 1 aliphatic rings. The topological polar surface area (TPSA) is 29.3 Å². The lowest BCUT2D eigenvalue weighted by molar-refractivity contribution is 0.185. The Morgan fingerprint density at radius 1 is 1.31 bits per heavy atom. The number of anilines is 1. The van der Waals surface area contributed by atoms with Crippen molar-refractivity contribution in [2.24, 2.45) is 5.92 Å². The molecular formula is C14H22N2. The Kier molecular flexibility index (Phi) is 3.49. The third-order valence-electron chi connectivity index (χ3n) is 3.68. The molecule has 0 spiro atoms. The van der Waals surface area contributed by atoms with Crippen molar-refractivity contribution in [3.05, 3.63) is 29.3 Å². The SMILES string of the molecule is Cc1cccc(CN2CCC(C)CC2)c1N. The second kappa shape index (κ2) is 4.88. The molecule has 2 rings (SSSR count). The molecule has 0 amide bonds. The Balaban J connectivity index is 2.01. The van der Waals surface area contributed by atoms with Crippen LogP contribution in [0.25, 0.3) is 0 Å². The number of aryl methyl sites for hydroxylation is 1. The highest BCUT2D eigenvalue weighted by atomic mass is 15.1. The normalized spacial score (nSPS) is 18.9. The number of likely N-dealkylation sites (tertiary alicyclic amines) is 1. The van der Waals surface area contributed by atoms with Gasteiger partial charge in [-0.3, -0.25) is 4.90 Å². The van der Waals surface area contributed by atoms with Crippen LogP contribution in [0.4, 0.5) is 5.69 Å². The first kappa shape index (κ1) is 11.5. The summed E-state index contributed by atoms with van der Waals surface area (Å²) in [4.78, 5) is 2.52. The number of nitrogens with two attached hydrogens (primary N) is 1. The van der Waals surface area contributed by atoms with E-state index in [0.717, 1.165) is 18.2 Å². The standard InChI is InChI=1S/C14H22N2/c1-11-6-8-16(9-7-11)10-13-5-3-4-12(2)14(13)15/h3-5,11H,6-10,15H2,1-2H3. The van der Waals surface area contributed by atoms with Crippen molar-refractivity contribution in [2.75, 3.05) is 18.8 Å². The van der Waals surface area contributed by atoms with Crippen LogP contribution in [0.5, 0.6) is 0 Å². The van der Waals surface area contributed by atoms with E-state index in [2.05, 4.69) is 36.9 Å². The van der Waals surface area contributed by atoms with Crippen molar-refractivity contribution in [1.82, 2.24) is 4.90 Å². The van der Waals surface area contributed by atoms with Crippen molar-refractivity contribution in [2.45, 2.75) is 33.2 Å². The highest BCUT2D eigenvalue weighted by molar-refractivity contribution is 5.52. The molecule has 2 nitrogen and oxygen atoms in total. The van der Waals surface area contributed by atoms with Crippen LogP contribution in [0.2, 0.25) is 0 Å². The van der Waals surface area contributed by atoms with E-state index in [4.69, 9.17) is 5.73 Å². The van der Waals surface area contributed by atoms with Gasteiger partial charge in [0.1, 0.15) is 0 Å². The molecule has 0 saturated carbocycles. The van der Waals surface area contributed by atoms with Gasteiger partial charge in [0.15, 0.2) is 0 Å². The zero-order valence-electron chi connectivity index (χ0n) is 10.4. The van der Waals surface area contributed by atoms with Crippen molar-refractivity contribution >= 4 is 5.69 Å². The van der Waals surface area contributed by atoms with Crippen molar-refractivity contribution in [3.63, 3.8) is 0 Å². The molecule has 0 aliphatic carbocycles. The van der Waals surface area contributed by atoms with E-state index in [1.165, 1.54) is 37.1 Å². The molecule has 88 valence electrons. The average molecular weight is 218 g/mol. The molecule has 1 aromatic carbocycles. The Bertz CT molecular complexity index is 352. The highest BCUT2D eigenvalue weighted by Gasteiger charge is 2.16. The lowest BCUT2D eigenvalue weighted by Gasteiger charge is -2.30. The van der Waals surface area contributed by atoms with E-state index >= 15 is 0 Å². The van der Waals surface area contributed by atoms with Crippen LogP contribution in [0.15, 0.2) is 18.2 Å². The van der Waals surface area contributed by atoms with Crippen molar-refractivity contribution in [1.29, 1.82) is 0 Å². The number of piperidine rings is 1. The maximum atomic E-state index is 6.10. The number of nitrogen functional groups attached to an aromatic ring is 1. The molecule has 2 N–H and O–H groups in total. The van der Waals surface area contributed by atoms with E-state index in [1.54, 1.807) is 0 Å². The smallest absolute Gasteiger partial charge is 0.0389 e. The number of rotatable bonds is 2. The molecule has 16 heavy (non-hydrogen) atoms. The first-order valence-corrected chi connectivity index (χ1v) is 6.23. The Hall–Kier alpha value is -1.02. The van der Waals surface area contributed by atoms with Crippen LogP contribution in [0.3, 0.4) is 0 Å². The van der Waals surface area contributed by atoms with E-state index < -0.39 is 0 Å². The minimum atomic E-state index is 0.895. The van der Waals surface area contributed by atoms with Gasteiger partial charge in [-0.05, 0) is 49.9 Å². The summed E-state index contributed by atoms with van der Waals surface area (Å²) in [7, 11) is 0. The second-order valence-corrected chi connectivity index (χ2v) is 5.11. The fraction of sp³-hybridized carbons (Fsp3) is 0.571. The lowest BCUT2D eigenvalue weighted by atomic mass is 9.98. The van der Waals surface area contributed by atoms with Gasteiger partial charge in [0.25, 0.3) is 0 Å². The quantitative estimate of drug-likeness (QED) is 0.773. The van der Waals surface area contributed by atoms with Gasteiger partial charge in [0, 0.05) is 12.2 Å². The Morgan fingerprint density at radius 2 is 2.00 bits per heavy atom. The monoisotopic (exact) mass is 218 g/mol. The molecule has 1 fully saturated rings. The zero-order chi connectivity index (χ0) is 11.5. The average Bonchev–Trinajstić information content (AvgIpc) is 2.28. The van der Waals surface area contributed by atoms with E-state index in [0.29, 0.717) is 0 Å². The summed E-state index contributed by atoms with van der Waals surface area (Å²) in [5.41, 5.74) is 9.56. The molecule has 0 bridgehead atoms. The van der Waals surface area contributed by atoms with Crippen LogP contribution in [0.1, 0.15) is 30.9 Å². The molecule has 1 aliphatic heterocycles. The van der Waals surface area contributed by atoms with E-state index in [1.807, 2.05) is 0 Å². The summed E-state index contributed by atoms with van der Waals surface area (Å²) in [6.07, 6.45) is 2.65. The van der Waals surface area contributed by atoms with Crippen molar-refractivity contribution in [3.8, 4) is 0 Å². The van der Waals surface area contributed by atoms with E-state index in [9.17, 15) is 0 Å². The summed E-state index contributed by atoms with van der Waals surface area (Å²) in [5.74, 6) is 0.895. The van der Waals surface area contributed by atoms with E-state index in [-0.39, 0.29) is 0 Å². The minimum absolute atomic E-state index is 0.895. The van der Waals surface area contributed by atoms with Crippen molar-refractivity contribution < 1.29 is 0 Å². The molecular weight excluding hydrogens is 196 g/mol. The number of hydrogen-bond donors (Lipinski definition) is 1. The lowest BCUT2D eigenvalue weighted by Crippen LogP contribution is -2.32. The Morgan fingerprint density at radius 3 is 2.69 bits per heavy atom. The van der Waals surface area contributed by atoms with Crippen LogP contribution in [0, 0.1) is 12.8 Å². The first-order valence-electron chi connectivity index (χ1n) is 6.23. The third kappa shape index (κ3) is 2.56. The molecule has 0 atom stereocenters. The molecule has 0 unspecified atom stereocenters. The van der Waals surface area contributed by atoms with Crippen LogP contribution >= 0.6 is 0 Å². The number of hydrogen-bond acceptors (Lipinski definition) is 2. The summed E-state index contributed by atoms with van der Waals surface area (Å²) in [6.45, 7) is 7.87. The number of nitrogens with zero attached hydrogens (tertiary/aromatic N) is 1. The first-order chi connectivity index (χ1) is 7.66. The van der Waals surface area contributed by atoms with Crippen LogP contribution in [-0.4, -0.2) is 18.0 Å². The maximum absolute atomic E-state index is 6.10. The maximum Gasteiger partial charge on any atom is 0.0389 e. The second-order valence-electron chi connectivity index (χ2n) is 5.11. The summed E-state index contributed by atoms with van der Waals surface area (Å²) >= 11 is 0. The number of para-hydroxylation sites is 1. The summed E-state index contributed by atoms with van der Waals surface area (Å²) in [5, 5.41) is 0. The van der Waals surface area contributed by atoms with Gasteiger partial charge in [0.2, 0.25) is 0 Å². The van der Waals surface area contributed by atoms with Gasteiger partial charge >= 0.3 is 0 Å². The highest BCUT2D eigenvalue weighted by Crippen LogP contribution is 2.22. The van der Waals surface area contributed by atoms with Gasteiger partial charge in [-0.25, -0.2) is 0 Å². The van der Waals surface area contributed by atoms with Gasteiger partial charge in [-0.15, -0.1) is 0 Å². The summed E-state index contributed by atoms with van der Waals surface area (Å²) < 4.78 is 0. The molecule has 1 aromatic rings. The molecule has 1 heterocycles. The molecule has 2 heteroatoms. The van der Waals surface area contributed by atoms with Gasteiger partial charge in [-0.1, -0.05) is 25.1 Å². The van der Waals surface area contributed by atoms with Gasteiger partial charge in [0.05, 0.1) is 0 Å². The minimum Gasteiger partial charge on any atom is -0.398 e. The fourth-order valence-corrected chi connectivity index (χ4v) is 2.34.